The molecule has 0 aliphatic rings. The van der Waals surface area contributed by atoms with Crippen molar-refractivity contribution in [2.24, 2.45) is 0 Å². The maximum atomic E-state index is 9.25. The number of hydrogen-bond donors (Lipinski definition) is 2. The van der Waals surface area contributed by atoms with Crippen LogP contribution in [0.15, 0.2) is 16.6 Å². The number of ether oxygens (including phenoxy) is 2. The summed E-state index contributed by atoms with van der Waals surface area (Å²) in [5, 5.41) is 9.25. The van der Waals surface area contributed by atoms with E-state index in [-0.39, 0.29) is 17.3 Å². The molecular formula is C13H12BrN5O2. The third kappa shape index (κ3) is 2.68. The zero-order valence-corrected chi connectivity index (χ0v) is 12.9. The number of benzene rings is 1. The number of nitriles is 1. The van der Waals surface area contributed by atoms with Crippen LogP contribution in [0.25, 0.3) is 11.3 Å². The van der Waals surface area contributed by atoms with E-state index >= 15 is 0 Å². The van der Waals surface area contributed by atoms with Crippen molar-refractivity contribution in [3.63, 3.8) is 0 Å². The summed E-state index contributed by atoms with van der Waals surface area (Å²) in [7, 11) is 3.05. The molecule has 0 atom stereocenters. The van der Waals surface area contributed by atoms with Gasteiger partial charge in [0.2, 0.25) is 5.95 Å². The highest BCUT2D eigenvalue weighted by Crippen LogP contribution is 2.39. The first-order valence-electron chi connectivity index (χ1n) is 5.76. The fraction of sp³-hybridized carbons (Fsp3) is 0.154. The topological polar surface area (TPSA) is 120 Å². The minimum absolute atomic E-state index is 0.0109. The van der Waals surface area contributed by atoms with Crippen LogP contribution >= 0.6 is 15.9 Å². The van der Waals surface area contributed by atoms with Crippen molar-refractivity contribution in [1.29, 1.82) is 5.26 Å². The van der Waals surface area contributed by atoms with Crippen molar-refractivity contribution in [1.82, 2.24) is 9.97 Å². The van der Waals surface area contributed by atoms with Crippen LogP contribution < -0.4 is 20.9 Å². The summed E-state index contributed by atoms with van der Waals surface area (Å²) in [6, 6.07) is 5.38. The quantitative estimate of drug-likeness (QED) is 0.868. The van der Waals surface area contributed by atoms with Crippen LogP contribution in [0.1, 0.15) is 5.56 Å². The lowest BCUT2D eigenvalue weighted by molar-refractivity contribution is 0.355. The lowest BCUT2D eigenvalue weighted by atomic mass is 10.1. The van der Waals surface area contributed by atoms with Crippen LogP contribution in [-0.4, -0.2) is 24.2 Å². The molecule has 0 radical (unpaired) electrons. The first-order chi connectivity index (χ1) is 10.0. The van der Waals surface area contributed by atoms with Gasteiger partial charge in [-0.05, 0) is 28.1 Å². The molecule has 0 saturated carbocycles. The van der Waals surface area contributed by atoms with Crippen LogP contribution in [0, 0.1) is 11.3 Å². The summed E-state index contributed by atoms with van der Waals surface area (Å²) in [5.74, 6) is 1.06. The number of rotatable bonds is 3. The number of hydrogen-bond acceptors (Lipinski definition) is 7. The largest absolute Gasteiger partial charge is 0.493 e. The summed E-state index contributed by atoms with van der Waals surface area (Å²) < 4.78 is 11.1. The van der Waals surface area contributed by atoms with E-state index in [1.54, 1.807) is 12.1 Å². The van der Waals surface area contributed by atoms with Crippen molar-refractivity contribution in [2.45, 2.75) is 0 Å². The molecule has 0 saturated heterocycles. The number of nitrogens with zero attached hydrogens (tertiary/aromatic N) is 3. The number of halogens is 1. The van der Waals surface area contributed by atoms with Crippen molar-refractivity contribution in [3.8, 4) is 28.8 Å². The van der Waals surface area contributed by atoms with Crippen molar-refractivity contribution >= 4 is 27.7 Å². The summed E-state index contributed by atoms with van der Waals surface area (Å²) in [4.78, 5) is 7.89. The fourth-order valence-corrected chi connectivity index (χ4v) is 2.35. The molecule has 0 bridgehead atoms. The molecule has 4 N–H and O–H groups in total. The SMILES string of the molecule is COc1cc(Br)c(-c2nc(N)nc(N)c2C#N)cc1OC. The monoisotopic (exact) mass is 349 g/mol. The van der Waals surface area contributed by atoms with E-state index in [1.165, 1.54) is 14.2 Å². The van der Waals surface area contributed by atoms with Gasteiger partial charge in [0.25, 0.3) is 0 Å². The van der Waals surface area contributed by atoms with Crippen molar-refractivity contribution in [2.75, 3.05) is 25.7 Å². The van der Waals surface area contributed by atoms with Gasteiger partial charge in [-0.25, -0.2) is 4.98 Å². The maximum absolute atomic E-state index is 9.25. The molecule has 1 aromatic heterocycles. The Morgan fingerprint density at radius 3 is 2.33 bits per heavy atom. The fourth-order valence-electron chi connectivity index (χ4n) is 1.84. The Bertz CT molecular complexity index is 742. The number of anilines is 2. The van der Waals surface area contributed by atoms with Gasteiger partial charge in [-0.15, -0.1) is 0 Å². The molecule has 0 unspecified atom stereocenters. The number of nitrogens with two attached hydrogens (primary N) is 2. The van der Waals surface area contributed by atoms with Gasteiger partial charge in [0.15, 0.2) is 11.5 Å². The third-order valence-corrected chi connectivity index (χ3v) is 3.45. The summed E-state index contributed by atoms with van der Waals surface area (Å²) in [6.07, 6.45) is 0. The lowest BCUT2D eigenvalue weighted by Gasteiger charge is -2.13. The van der Waals surface area contributed by atoms with Gasteiger partial charge in [-0.3, -0.25) is 0 Å². The van der Waals surface area contributed by atoms with E-state index < -0.39 is 0 Å². The molecule has 1 aromatic carbocycles. The van der Waals surface area contributed by atoms with Gasteiger partial charge < -0.3 is 20.9 Å². The predicted octanol–water partition coefficient (Wildman–Crippen LogP) is 1.96. The highest BCUT2D eigenvalue weighted by molar-refractivity contribution is 9.10. The van der Waals surface area contributed by atoms with Crippen LogP contribution in [0.5, 0.6) is 11.5 Å². The summed E-state index contributed by atoms with van der Waals surface area (Å²) in [6.45, 7) is 0. The van der Waals surface area contributed by atoms with E-state index in [0.29, 0.717) is 27.2 Å². The summed E-state index contributed by atoms with van der Waals surface area (Å²) >= 11 is 3.41. The number of methoxy groups -OCH3 is 2. The van der Waals surface area contributed by atoms with E-state index in [0.717, 1.165) is 0 Å². The molecule has 0 fully saturated rings. The maximum Gasteiger partial charge on any atom is 0.222 e. The number of aromatic nitrogens is 2. The Morgan fingerprint density at radius 1 is 1.14 bits per heavy atom. The van der Waals surface area contributed by atoms with E-state index in [4.69, 9.17) is 20.9 Å². The molecule has 2 rings (SSSR count). The molecule has 7 nitrogen and oxygen atoms in total. The number of nitrogen functional groups attached to an aromatic ring is 2. The Labute approximate surface area is 129 Å². The first kappa shape index (κ1) is 14.9. The average molecular weight is 350 g/mol. The molecule has 0 spiro atoms. The molecule has 2 aromatic rings. The van der Waals surface area contributed by atoms with Crippen molar-refractivity contribution < 1.29 is 9.47 Å². The highest BCUT2D eigenvalue weighted by Gasteiger charge is 2.18. The van der Waals surface area contributed by atoms with E-state index in [9.17, 15) is 5.26 Å². The smallest absolute Gasteiger partial charge is 0.222 e. The minimum Gasteiger partial charge on any atom is -0.493 e. The molecule has 21 heavy (non-hydrogen) atoms. The molecule has 0 amide bonds. The highest BCUT2D eigenvalue weighted by atomic mass is 79.9. The van der Waals surface area contributed by atoms with Gasteiger partial charge in [-0.1, -0.05) is 0 Å². The first-order valence-corrected chi connectivity index (χ1v) is 6.56. The average Bonchev–Trinajstić information content (AvgIpc) is 2.46. The van der Waals surface area contributed by atoms with E-state index in [1.807, 2.05) is 6.07 Å². The standard InChI is InChI=1S/C13H12BrN5O2/c1-20-9-3-6(8(14)4-10(9)21-2)11-7(5-15)12(16)19-13(17)18-11/h3-4H,1-2H3,(H4,16,17,18,19). The van der Waals surface area contributed by atoms with Crippen LogP contribution in [0.4, 0.5) is 11.8 Å². The van der Waals surface area contributed by atoms with Gasteiger partial charge >= 0.3 is 0 Å². The molecule has 0 aliphatic heterocycles. The second-order valence-electron chi connectivity index (χ2n) is 3.99. The predicted molar refractivity (Wildman–Crippen MR) is 81.8 cm³/mol. The molecular weight excluding hydrogens is 338 g/mol. The van der Waals surface area contributed by atoms with Gasteiger partial charge in [0.05, 0.1) is 19.9 Å². The van der Waals surface area contributed by atoms with Crippen LogP contribution in [-0.2, 0) is 0 Å². The molecule has 108 valence electrons. The summed E-state index contributed by atoms with van der Waals surface area (Å²) in [5.41, 5.74) is 12.4. The minimum atomic E-state index is -0.0109. The zero-order chi connectivity index (χ0) is 15.6. The van der Waals surface area contributed by atoms with Gasteiger partial charge in [-0.2, -0.15) is 10.2 Å². The second-order valence-corrected chi connectivity index (χ2v) is 4.84. The van der Waals surface area contributed by atoms with Gasteiger partial charge in [0.1, 0.15) is 17.5 Å². The van der Waals surface area contributed by atoms with Crippen LogP contribution in [0.3, 0.4) is 0 Å². The molecule has 8 heteroatoms. The zero-order valence-electron chi connectivity index (χ0n) is 11.3. The Morgan fingerprint density at radius 2 is 1.76 bits per heavy atom. The third-order valence-electron chi connectivity index (χ3n) is 2.79. The second kappa shape index (κ2) is 5.85. The van der Waals surface area contributed by atoms with Gasteiger partial charge in [0, 0.05) is 10.0 Å². The Hall–Kier alpha value is -2.53. The van der Waals surface area contributed by atoms with Crippen molar-refractivity contribution in [3.05, 3.63) is 22.2 Å². The van der Waals surface area contributed by atoms with Crippen LogP contribution in [0.2, 0.25) is 0 Å². The lowest BCUT2D eigenvalue weighted by Crippen LogP contribution is -2.05. The molecule has 1 heterocycles. The molecule has 0 aliphatic carbocycles. The van der Waals surface area contributed by atoms with E-state index in [2.05, 4.69) is 25.9 Å². The Kier molecular flexibility index (Phi) is 4.14. The normalized spacial score (nSPS) is 10.0. The Balaban J connectivity index is 2.76.